The van der Waals surface area contributed by atoms with Gasteiger partial charge in [0.05, 0.1) is 0 Å². The predicted molar refractivity (Wildman–Crippen MR) is 65.0 cm³/mol. The highest BCUT2D eigenvalue weighted by atomic mass is 19.2. The van der Waals surface area contributed by atoms with Crippen LogP contribution in [0.3, 0.4) is 0 Å². The Morgan fingerprint density at radius 3 is 1.90 bits per heavy atom. The fraction of sp³-hybridized carbons (Fsp3) is 0. The quantitative estimate of drug-likeness (QED) is 0.671. The van der Waals surface area contributed by atoms with Crippen LogP contribution < -0.4 is 0 Å². The normalized spacial score (nSPS) is 10.9. The van der Waals surface area contributed by atoms with Gasteiger partial charge in [0.15, 0.2) is 23.3 Å². The number of nitrogens with zero attached hydrogens (tertiary/aromatic N) is 2. The molecule has 0 unspecified atom stereocenters. The van der Waals surface area contributed by atoms with Crippen molar-refractivity contribution in [3.63, 3.8) is 0 Å². The molecule has 3 rings (SSSR count). The fourth-order valence-corrected chi connectivity index (χ4v) is 1.72. The minimum absolute atomic E-state index is 0.00799. The number of hydrogen-bond acceptors (Lipinski definition) is 3. The van der Waals surface area contributed by atoms with Gasteiger partial charge < -0.3 is 4.52 Å². The third-order valence-electron chi connectivity index (χ3n) is 2.77. The lowest BCUT2D eigenvalue weighted by atomic mass is 10.2. The van der Waals surface area contributed by atoms with Crippen molar-refractivity contribution >= 4 is 0 Å². The van der Waals surface area contributed by atoms with Gasteiger partial charge in [-0.05, 0) is 36.4 Å². The molecular formula is C14H6F4N2O. The SMILES string of the molecule is Fc1ccc(-c2noc(-c3ccc(F)c(F)c3)n2)cc1F. The highest BCUT2D eigenvalue weighted by Crippen LogP contribution is 2.24. The van der Waals surface area contributed by atoms with E-state index in [1.807, 2.05) is 0 Å². The van der Waals surface area contributed by atoms with Gasteiger partial charge in [0.1, 0.15) is 0 Å². The zero-order valence-electron chi connectivity index (χ0n) is 10.3. The molecule has 0 fully saturated rings. The monoisotopic (exact) mass is 294 g/mol. The van der Waals surface area contributed by atoms with Gasteiger partial charge in [0.25, 0.3) is 5.89 Å². The Morgan fingerprint density at radius 2 is 1.29 bits per heavy atom. The van der Waals surface area contributed by atoms with Gasteiger partial charge in [-0.2, -0.15) is 4.98 Å². The van der Waals surface area contributed by atoms with Crippen molar-refractivity contribution in [2.75, 3.05) is 0 Å². The van der Waals surface area contributed by atoms with Crippen LogP contribution >= 0.6 is 0 Å². The molecule has 106 valence electrons. The standard InChI is InChI=1S/C14H6F4N2O/c15-9-3-1-7(5-11(9)17)13-19-14(21-20-13)8-2-4-10(16)12(18)6-8/h1-6H. The van der Waals surface area contributed by atoms with Crippen molar-refractivity contribution in [3.05, 3.63) is 59.7 Å². The fourth-order valence-electron chi connectivity index (χ4n) is 1.72. The smallest absolute Gasteiger partial charge is 0.258 e. The van der Waals surface area contributed by atoms with E-state index in [1.54, 1.807) is 0 Å². The van der Waals surface area contributed by atoms with Gasteiger partial charge >= 0.3 is 0 Å². The van der Waals surface area contributed by atoms with E-state index in [1.165, 1.54) is 12.1 Å². The first kappa shape index (κ1) is 13.3. The zero-order valence-corrected chi connectivity index (χ0v) is 10.3. The van der Waals surface area contributed by atoms with Gasteiger partial charge in [-0.3, -0.25) is 0 Å². The second-order valence-electron chi connectivity index (χ2n) is 4.18. The van der Waals surface area contributed by atoms with Gasteiger partial charge in [0.2, 0.25) is 5.82 Å². The maximum Gasteiger partial charge on any atom is 0.258 e. The van der Waals surface area contributed by atoms with Crippen LogP contribution in [0.1, 0.15) is 0 Å². The molecular weight excluding hydrogens is 288 g/mol. The molecule has 0 atom stereocenters. The van der Waals surface area contributed by atoms with Crippen LogP contribution in [0.2, 0.25) is 0 Å². The summed E-state index contributed by atoms with van der Waals surface area (Å²) in [6, 6.07) is 6.21. The average Bonchev–Trinajstić information content (AvgIpc) is 2.94. The van der Waals surface area contributed by atoms with Crippen molar-refractivity contribution < 1.29 is 22.1 Å². The van der Waals surface area contributed by atoms with Crippen LogP contribution in [-0.2, 0) is 0 Å². The molecule has 0 N–H and O–H groups in total. The number of benzene rings is 2. The highest BCUT2D eigenvalue weighted by molar-refractivity contribution is 5.59. The van der Waals surface area contributed by atoms with E-state index in [4.69, 9.17) is 4.52 Å². The van der Waals surface area contributed by atoms with Crippen molar-refractivity contribution in [1.82, 2.24) is 10.1 Å². The van der Waals surface area contributed by atoms with Gasteiger partial charge in [-0.1, -0.05) is 5.16 Å². The van der Waals surface area contributed by atoms with Gasteiger partial charge in [0, 0.05) is 11.1 Å². The minimum atomic E-state index is -1.06. The lowest BCUT2D eigenvalue weighted by Gasteiger charge is -1.96. The van der Waals surface area contributed by atoms with E-state index in [-0.39, 0.29) is 22.8 Å². The number of aromatic nitrogens is 2. The van der Waals surface area contributed by atoms with Crippen LogP contribution in [0.5, 0.6) is 0 Å². The Hall–Kier alpha value is -2.70. The molecule has 21 heavy (non-hydrogen) atoms. The summed E-state index contributed by atoms with van der Waals surface area (Å²) < 4.78 is 56.9. The summed E-state index contributed by atoms with van der Waals surface area (Å²) >= 11 is 0. The summed E-state index contributed by atoms with van der Waals surface area (Å²) in [5.41, 5.74) is 0.377. The first-order chi connectivity index (χ1) is 10.0. The lowest BCUT2D eigenvalue weighted by Crippen LogP contribution is -1.87. The second-order valence-corrected chi connectivity index (χ2v) is 4.18. The third-order valence-corrected chi connectivity index (χ3v) is 2.77. The molecule has 0 aliphatic rings. The first-order valence-corrected chi connectivity index (χ1v) is 5.79. The Balaban J connectivity index is 1.99. The first-order valence-electron chi connectivity index (χ1n) is 5.79. The molecule has 1 heterocycles. The predicted octanol–water partition coefficient (Wildman–Crippen LogP) is 3.96. The molecule has 0 aliphatic heterocycles. The van der Waals surface area contributed by atoms with Crippen molar-refractivity contribution in [3.8, 4) is 22.8 Å². The average molecular weight is 294 g/mol. The molecule has 0 saturated carbocycles. The molecule has 3 nitrogen and oxygen atoms in total. The van der Waals surface area contributed by atoms with E-state index >= 15 is 0 Å². The summed E-state index contributed by atoms with van der Waals surface area (Å²) in [5, 5.41) is 3.59. The van der Waals surface area contributed by atoms with Crippen LogP contribution in [-0.4, -0.2) is 10.1 Å². The lowest BCUT2D eigenvalue weighted by molar-refractivity contribution is 0.431. The summed E-state index contributed by atoms with van der Waals surface area (Å²) in [7, 11) is 0. The van der Waals surface area contributed by atoms with Crippen LogP contribution in [0, 0.1) is 23.3 Å². The molecule has 2 aromatic carbocycles. The van der Waals surface area contributed by atoms with Gasteiger partial charge in [-0.15, -0.1) is 0 Å². The number of rotatable bonds is 2. The van der Waals surface area contributed by atoms with E-state index in [9.17, 15) is 17.6 Å². The minimum Gasteiger partial charge on any atom is -0.334 e. The third kappa shape index (κ3) is 2.49. The Kier molecular flexibility index (Phi) is 3.17. The van der Waals surface area contributed by atoms with Crippen LogP contribution in [0.4, 0.5) is 17.6 Å². The zero-order chi connectivity index (χ0) is 15.0. The van der Waals surface area contributed by atoms with E-state index in [0.29, 0.717) is 0 Å². The summed E-state index contributed by atoms with van der Waals surface area (Å²) in [5.74, 6) is -4.16. The molecule has 7 heteroatoms. The van der Waals surface area contributed by atoms with E-state index in [2.05, 4.69) is 10.1 Å². The molecule has 1 aromatic heterocycles. The topological polar surface area (TPSA) is 38.9 Å². The largest absolute Gasteiger partial charge is 0.334 e. The maximum atomic E-state index is 13.1. The van der Waals surface area contributed by atoms with Crippen molar-refractivity contribution in [2.45, 2.75) is 0 Å². The molecule has 0 saturated heterocycles. The van der Waals surface area contributed by atoms with Crippen LogP contribution in [0.25, 0.3) is 22.8 Å². The Bertz CT molecular complexity index is 750. The summed E-state index contributed by atoms with van der Waals surface area (Å²) in [6.07, 6.45) is 0. The van der Waals surface area contributed by atoms with Crippen molar-refractivity contribution in [2.24, 2.45) is 0 Å². The molecule has 0 spiro atoms. The van der Waals surface area contributed by atoms with Crippen LogP contribution in [0.15, 0.2) is 40.9 Å². The van der Waals surface area contributed by atoms with E-state index in [0.717, 1.165) is 24.3 Å². The van der Waals surface area contributed by atoms with Gasteiger partial charge in [-0.25, -0.2) is 17.6 Å². The maximum absolute atomic E-state index is 13.1. The summed E-state index contributed by atoms with van der Waals surface area (Å²) in [4.78, 5) is 3.94. The van der Waals surface area contributed by atoms with Crippen molar-refractivity contribution in [1.29, 1.82) is 0 Å². The second kappa shape index (κ2) is 5.01. The molecule has 0 amide bonds. The highest BCUT2D eigenvalue weighted by Gasteiger charge is 2.14. The van der Waals surface area contributed by atoms with E-state index < -0.39 is 23.3 Å². The Morgan fingerprint density at radius 1 is 0.714 bits per heavy atom. The molecule has 0 radical (unpaired) electrons. The summed E-state index contributed by atoms with van der Waals surface area (Å²) in [6.45, 7) is 0. The Labute approximate surface area is 115 Å². The molecule has 0 bridgehead atoms. The number of hydrogen-bond donors (Lipinski definition) is 0. The molecule has 0 aliphatic carbocycles. The molecule has 3 aromatic rings. The number of halogens is 4.